The molecular weight excluding hydrogens is 406 g/mol. The van der Waals surface area contributed by atoms with Crippen molar-refractivity contribution >= 4 is 17.7 Å². The van der Waals surface area contributed by atoms with E-state index in [-0.39, 0.29) is 23.8 Å². The lowest BCUT2D eigenvalue weighted by atomic mass is 9.68. The Bertz CT molecular complexity index is 1010. The zero-order valence-electron chi connectivity index (χ0n) is 19.2. The minimum Gasteiger partial charge on any atom is -0.468 e. The van der Waals surface area contributed by atoms with Crippen molar-refractivity contribution in [1.29, 1.82) is 0 Å². The van der Waals surface area contributed by atoms with E-state index < -0.39 is 17.8 Å². The maximum Gasteiger partial charge on any atom is 0.337 e. The van der Waals surface area contributed by atoms with E-state index in [0.29, 0.717) is 23.3 Å². The Morgan fingerprint density at radius 1 is 1.09 bits per heavy atom. The minimum absolute atomic E-state index is 0.0828. The van der Waals surface area contributed by atoms with Crippen LogP contribution in [-0.2, 0) is 23.9 Å². The molecule has 6 heteroatoms. The van der Waals surface area contributed by atoms with Crippen LogP contribution in [0.3, 0.4) is 0 Å². The van der Waals surface area contributed by atoms with Crippen LogP contribution >= 0.6 is 0 Å². The Morgan fingerprint density at radius 3 is 2.44 bits per heavy atom. The highest BCUT2D eigenvalue weighted by atomic mass is 16.5. The summed E-state index contributed by atoms with van der Waals surface area (Å²) in [6.07, 6.45) is 4.31. The second-order valence-electron chi connectivity index (χ2n) is 9.20. The fourth-order valence-electron chi connectivity index (χ4n) is 5.39. The van der Waals surface area contributed by atoms with Crippen LogP contribution in [0, 0.1) is 18.8 Å². The first-order chi connectivity index (χ1) is 15.3. The first kappa shape index (κ1) is 22.3. The Balaban J connectivity index is 1.82. The molecule has 170 valence electrons. The quantitative estimate of drug-likeness (QED) is 0.564. The molecule has 3 aliphatic rings. The number of rotatable bonds is 4. The summed E-state index contributed by atoms with van der Waals surface area (Å²) in [7, 11) is 1.30. The molecule has 1 N–H and O–H groups in total. The maximum atomic E-state index is 13.7. The van der Waals surface area contributed by atoms with Gasteiger partial charge in [0.2, 0.25) is 0 Å². The number of methoxy groups -OCH3 is 1. The van der Waals surface area contributed by atoms with Crippen LogP contribution in [0.5, 0.6) is 0 Å². The van der Waals surface area contributed by atoms with E-state index >= 15 is 0 Å². The molecule has 2 aliphatic carbocycles. The van der Waals surface area contributed by atoms with E-state index in [1.807, 2.05) is 45.0 Å². The van der Waals surface area contributed by atoms with Crippen molar-refractivity contribution in [2.24, 2.45) is 11.8 Å². The molecule has 0 amide bonds. The Hall–Kier alpha value is -2.89. The van der Waals surface area contributed by atoms with E-state index in [1.54, 1.807) is 0 Å². The molecule has 3 atom stereocenters. The zero-order valence-corrected chi connectivity index (χ0v) is 19.2. The number of hydrogen-bond donors (Lipinski definition) is 1. The van der Waals surface area contributed by atoms with E-state index in [2.05, 4.69) is 5.32 Å². The fourth-order valence-corrected chi connectivity index (χ4v) is 5.39. The lowest BCUT2D eigenvalue weighted by Crippen LogP contribution is -2.43. The van der Waals surface area contributed by atoms with Crippen LogP contribution in [-0.4, -0.2) is 30.9 Å². The molecule has 0 saturated heterocycles. The average molecular weight is 438 g/mol. The van der Waals surface area contributed by atoms with Gasteiger partial charge in [0.25, 0.3) is 0 Å². The molecule has 1 aliphatic heterocycles. The lowest BCUT2D eigenvalue weighted by molar-refractivity contribution is -0.151. The molecule has 32 heavy (non-hydrogen) atoms. The predicted molar refractivity (Wildman–Crippen MR) is 119 cm³/mol. The molecule has 0 spiro atoms. The van der Waals surface area contributed by atoms with Gasteiger partial charge < -0.3 is 14.8 Å². The number of Topliss-reactive ketones (excluding diaryl/α,β-unsaturated/α-hetero) is 1. The van der Waals surface area contributed by atoms with Crippen molar-refractivity contribution in [1.82, 2.24) is 5.32 Å². The number of hydrogen-bond acceptors (Lipinski definition) is 6. The summed E-state index contributed by atoms with van der Waals surface area (Å²) in [5.74, 6) is -2.84. The van der Waals surface area contributed by atoms with Crippen molar-refractivity contribution in [3.8, 4) is 0 Å². The minimum atomic E-state index is -0.877. The number of carbonyl (C=O) groups is 3. The predicted octanol–water partition coefficient (Wildman–Crippen LogP) is 4.09. The van der Waals surface area contributed by atoms with Crippen LogP contribution in [0.15, 0.2) is 46.8 Å². The topological polar surface area (TPSA) is 81.7 Å². The summed E-state index contributed by atoms with van der Waals surface area (Å²) >= 11 is 0. The van der Waals surface area contributed by atoms with E-state index in [0.717, 1.165) is 42.5 Å². The van der Waals surface area contributed by atoms with Crippen LogP contribution in [0.4, 0.5) is 0 Å². The number of benzene rings is 1. The normalized spacial score (nSPS) is 26.0. The highest BCUT2D eigenvalue weighted by Crippen LogP contribution is 2.46. The average Bonchev–Trinajstić information content (AvgIpc) is 3.25. The molecule has 4 rings (SSSR count). The third-order valence-electron chi connectivity index (χ3n) is 7.04. The number of ketones is 1. The number of esters is 2. The van der Waals surface area contributed by atoms with Gasteiger partial charge in [-0.05, 0) is 63.0 Å². The molecule has 6 nitrogen and oxygen atoms in total. The molecule has 0 radical (unpaired) electrons. The second kappa shape index (κ2) is 8.93. The number of ether oxygens (including phenoxy) is 2. The third kappa shape index (κ3) is 3.87. The molecular formula is C26H31NO5. The van der Waals surface area contributed by atoms with Crippen molar-refractivity contribution in [2.45, 2.75) is 64.9 Å². The van der Waals surface area contributed by atoms with Crippen molar-refractivity contribution in [2.75, 3.05) is 7.11 Å². The summed E-state index contributed by atoms with van der Waals surface area (Å²) in [5.41, 5.74) is 4.28. The number of carbonyl (C=O) groups excluding carboxylic acids is 3. The highest BCUT2D eigenvalue weighted by molar-refractivity contribution is 6.12. The molecule has 0 aromatic heterocycles. The highest BCUT2D eigenvalue weighted by Gasteiger charge is 2.47. The van der Waals surface area contributed by atoms with Gasteiger partial charge in [-0.2, -0.15) is 0 Å². The molecule has 1 saturated carbocycles. The summed E-state index contributed by atoms with van der Waals surface area (Å²) < 4.78 is 10.8. The van der Waals surface area contributed by atoms with Gasteiger partial charge in [0.05, 0.1) is 12.7 Å². The molecule has 1 heterocycles. The summed E-state index contributed by atoms with van der Waals surface area (Å²) in [4.78, 5) is 39.6. The number of allylic oxidation sites excluding steroid dienone is 3. The SMILES string of the molecule is COC(=O)[C@H]1C(=O)C2=C(C[C@H]1C)NC(C)=C(C(=O)OC1CCCC1)[C@@H]2c1ccccc1C. The van der Waals surface area contributed by atoms with Gasteiger partial charge in [-0.1, -0.05) is 31.2 Å². The number of dihydropyridines is 1. The van der Waals surface area contributed by atoms with Crippen LogP contribution in [0.2, 0.25) is 0 Å². The second-order valence-corrected chi connectivity index (χ2v) is 9.20. The summed E-state index contributed by atoms with van der Waals surface area (Å²) in [5, 5.41) is 3.32. The zero-order chi connectivity index (χ0) is 23.0. The van der Waals surface area contributed by atoms with Crippen molar-refractivity contribution in [3.63, 3.8) is 0 Å². The Labute approximate surface area is 189 Å². The van der Waals surface area contributed by atoms with Crippen LogP contribution in [0.1, 0.15) is 63.0 Å². The van der Waals surface area contributed by atoms with E-state index in [4.69, 9.17) is 9.47 Å². The van der Waals surface area contributed by atoms with Gasteiger partial charge in [0.15, 0.2) is 5.78 Å². The lowest BCUT2D eigenvalue weighted by Gasteiger charge is -2.38. The van der Waals surface area contributed by atoms with Gasteiger partial charge in [-0.3, -0.25) is 9.59 Å². The summed E-state index contributed by atoms with van der Waals surface area (Å²) in [6.45, 7) is 5.72. The van der Waals surface area contributed by atoms with Crippen LogP contribution < -0.4 is 5.32 Å². The Kier molecular flexibility index (Phi) is 6.22. The molecule has 0 unspecified atom stereocenters. The molecule has 0 bridgehead atoms. The Morgan fingerprint density at radius 2 is 1.78 bits per heavy atom. The van der Waals surface area contributed by atoms with Gasteiger partial charge in [-0.25, -0.2) is 4.79 Å². The molecule has 1 aromatic carbocycles. The fraction of sp³-hybridized carbons (Fsp3) is 0.500. The van der Waals surface area contributed by atoms with E-state index in [1.165, 1.54) is 7.11 Å². The van der Waals surface area contributed by atoms with Gasteiger partial charge >= 0.3 is 11.9 Å². The van der Waals surface area contributed by atoms with Gasteiger partial charge in [0.1, 0.15) is 12.0 Å². The van der Waals surface area contributed by atoms with Gasteiger partial charge in [0, 0.05) is 22.9 Å². The number of aryl methyl sites for hydroxylation is 1. The van der Waals surface area contributed by atoms with Crippen molar-refractivity contribution in [3.05, 3.63) is 57.9 Å². The first-order valence-electron chi connectivity index (χ1n) is 11.4. The largest absolute Gasteiger partial charge is 0.468 e. The smallest absolute Gasteiger partial charge is 0.337 e. The van der Waals surface area contributed by atoms with Gasteiger partial charge in [-0.15, -0.1) is 0 Å². The van der Waals surface area contributed by atoms with Crippen molar-refractivity contribution < 1.29 is 23.9 Å². The summed E-state index contributed by atoms with van der Waals surface area (Å²) in [6, 6.07) is 7.77. The van der Waals surface area contributed by atoms with E-state index in [9.17, 15) is 14.4 Å². The monoisotopic (exact) mass is 437 g/mol. The van der Waals surface area contributed by atoms with Crippen LogP contribution in [0.25, 0.3) is 0 Å². The third-order valence-corrected chi connectivity index (χ3v) is 7.04. The number of nitrogens with one attached hydrogen (secondary N) is 1. The first-order valence-corrected chi connectivity index (χ1v) is 11.4. The standard InChI is InChI=1S/C26H31NO5/c1-14-9-5-8-12-18(14)22-21(26(30)32-17-10-6-7-11-17)16(3)27-19-13-15(2)20(25(29)31-4)24(28)23(19)22/h5,8-9,12,15,17,20,22,27H,6-7,10-11,13H2,1-4H3/t15-,20-,22+/m1/s1. The maximum absolute atomic E-state index is 13.7. The molecule has 1 fully saturated rings. The molecule has 1 aromatic rings.